The van der Waals surface area contributed by atoms with E-state index in [1.807, 2.05) is 30.3 Å². The molecule has 1 aromatic carbocycles. The van der Waals surface area contributed by atoms with E-state index in [9.17, 15) is 4.79 Å². The summed E-state index contributed by atoms with van der Waals surface area (Å²) >= 11 is 0. The Bertz CT molecular complexity index is 590. The van der Waals surface area contributed by atoms with Crippen LogP contribution in [0.4, 0.5) is 0 Å². The van der Waals surface area contributed by atoms with Crippen molar-refractivity contribution < 1.29 is 4.79 Å². The van der Waals surface area contributed by atoms with Crippen LogP contribution in [0, 0.1) is 11.8 Å². The maximum absolute atomic E-state index is 11.7. The molecule has 0 bridgehead atoms. The first-order valence-electron chi connectivity index (χ1n) is 5.10. The molecule has 78 valence electrons. The minimum atomic E-state index is -0.0277. The summed E-state index contributed by atoms with van der Waals surface area (Å²) in [5.41, 5.74) is 1.33. The third-order valence-electron chi connectivity index (χ3n) is 2.31. The van der Waals surface area contributed by atoms with E-state index in [0.717, 1.165) is 10.9 Å². The molecular weight excluding hydrogens is 198 g/mol. The number of ketones is 1. The highest BCUT2D eigenvalue weighted by molar-refractivity contribution is 5.97. The van der Waals surface area contributed by atoms with Crippen molar-refractivity contribution in [2.75, 3.05) is 0 Å². The highest BCUT2D eigenvalue weighted by Gasteiger charge is 2.06. The smallest absolute Gasteiger partial charge is 0.193 e. The Balaban J connectivity index is 2.38. The van der Waals surface area contributed by atoms with Crippen molar-refractivity contribution in [2.45, 2.75) is 13.3 Å². The monoisotopic (exact) mass is 209 g/mol. The van der Waals surface area contributed by atoms with Gasteiger partial charge in [-0.25, -0.2) is 4.98 Å². The van der Waals surface area contributed by atoms with Crippen LogP contribution in [0.2, 0.25) is 0 Å². The predicted octanol–water partition coefficient (Wildman–Crippen LogP) is 2.83. The summed E-state index contributed by atoms with van der Waals surface area (Å²) in [6.07, 6.45) is 0.238. The van der Waals surface area contributed by atoms with Crippen LogP contribution in [0.1, 0.15) is 23.8 Å². The first-order valence-corrected chi connectivity index (χ1v) is 5.10. The van der Waals surface area contributed by atoms with Gasteiger partial charge in [0.1, 0.15) is 5.69 Å². The van der Waals surface area contributed by atoms with Gasteiger partial charge in [-0.3, -0.25) is 4.79 Å². The maximum Gasteiger partial charge on any atom is 0.193 e. The number of aromatic nitrogens is 1. The Morgan fingerprint density at radius 1 is 1.25 bits per heavy atom. The maximum atomic E-state index is 11.7. The Kier molecular flexibility index (Phi) is 2.98. The van der Waals surface area contributed by atoms with Gasteiger partial charge in [0.15, 0.2) is 5.78 Å². The zero-order valence-corrected chi connectivity index (χ0v) is 9.03. The van der Waals surface area contributed by atoms with Crippen LogP contribution in [-0.2, 0) is 0 Å². The molecule has 0 fully saturated rings. The number of benzene rings is 1. The van der Waals surface area contributed by atoms with Gasteiger partial charge in [-0.1, -0.05) is 30.2 Å². The zero-order valence-electron chi connectivity index (χ0n) is 9.03. The first-order chi connectivity index (χ1) is 7.81. The van der Waals surface area contributed by atoms with Crippen molar-refractivity contribution in [1.29, 1.82) is 0 Å². The molecule has 0 radical (unpaired) electrons. The first kappa shape index (κ1) is 10.4. The summed E-state index contributed by atoms with van der Waals surface area (Å²) in [4.78, 5) is 16.0. The molecule has 0 aliphatic carbocycles. The highest BCUT2D eigenvalue weighted by Crippen LogP contribution is 2.12. The number of hydrogen-bond acceptors (Lipinski definition) is 2. The van der Waals surface area contributed by atoms with E-state index in [2.05, 4.69) is 16.8 Å². The Morgan fingerprint density at radius 2 is 2.06 bits per heavy atom. The summed E-state index contributed by atoms with van der Waals surface area (Å²) in [6, 6.07) is 11.4. The van der Waals surface area contributed by atoms with E-state index >= 15 is 0 Å². The molecule has 0 spiro atoms. The Labute approximate surface area is 94.3 Å². The lowest BCUT2D eigenvalue weighted by atomic mass is 10.1. The van der Waals surface area contributed by atoms with Gasteiger partial charge in [0.25, 0.3) is 0 Å². The molecule has 0 unspecified atom stereocenters. The lowest BCUT2D eigenvalue weighted by Gasteiger charge is -1.99. The largest absolute Gasteiger partial charge is 0.291 e. The Morgan fingerprint density at radius 3 is 2.88 bits per heavy atom. The second-order valence-electron chi connectivity index (χ2n) is 3.42. The average Bonchev–Trinajstić information content (AvgIpc) is 2.35. The lowest BCUT2D eigenvalue weighted by Crippen LogP contribution is -2.00. The number of nitrogens with zero attached hydrogens (tertiary/aromatic N) is 1. The summed E-state index contributed by atoms with van der Waals surface area (Å²) in [7, 11) is 0. The third-order valence-corrected chi connectivity index (χ3v) is 2.31. The summed E-state index contributed by atoms with van der Waals surface area (Å²) in [5, 5.41) is 1.04. The molecule has 0 N–H and O–H groups in total. The molecule has 0 saturated carbocycles. The van der Waals surface area contributed by atoms with Crippen LogP contribution in [0.15, 0.2) is 36.4 Å². The minimum absolute atomic E-state index is 0.0277. The summed E-state index contributed by atoms with van der Waals surface area (Å²) in [5.74, 6) is 5.43. The van der Waals surface area contributed by atoms with E-state index in [1.165, 1.54) is 0 Å². The number of Topliss-reactive ketones (excluding diaryl/α,β-unsaturated/α-hetero) is 1. The fourth-order valence-corrected chi connectivity index (χ4v) is 1.48. The van der Waals surface area contributed by atoms with Crippen molar-refractivity contribution in [1.82, 2.24) is 4.98 Å². The van der Waals surface area contributed by atoms with Gasteiger partial charge in [0.2, 0.25) is 0 Å². The second-order valence-corrected chi connectivity index (χ2v) is 3.42. The molecule has 0 saturated heterocycles. The fourth-order valence-electron chi connectivity index (χ4n) is 1.48. The molecule has 0 aliphatic rings. The molecule has 1 aromatic heterocycles. The summed E-state index contributed by atoms with van der Waals surface area (Å²) in [6.45, 7) is 1.72. The zero-order chi connectivity index (χ0) is 11.4. The van der Waals surface area contributed by atoms with E-state index in [4.69, 9.17) is 0 Å². The second kappa shape index (κ2) is 4.59. The molecule has 16 heavy (non-hydrogen) atoms. The highest BCUT2D eigenvalue weighted by atomic mass is 16.1. The number of pyridine rings is 1. The van der Waals surface area contributed by atoms with Crippen LogP contribution in [0.5, 0.6) is 0 Å². The molecule has 0 aliphatic heterocycles. The molecule has 0 atom stereocenters. The molecule has 0 amide bonds. The van der Waals surface area contributed by atoms with Crippen LogP contribution in [0.25, 0.3) is 10.9 Å². The van der Waals surface area contributed by atoms with E-state index in [1.54, 1.807) is 13.0 Å². The molecule has 2 rings (SSSR count). The third kappa shape index (κ3) is 2.09. The van der Waals surface area contributed by atoms with Crippen molar-refractivity contribution >= 4 is 16.7 Å². The lowest BCUT2D eigenvalue weighted by molar-refractivity contribution is 0.0994. The quantitative estimate of drug-likeness (QED) is 0.562. The van der Waals surface area contributed by atoms with Gasteiger partial charge in [-0.15, -0.1) is 5.92 Å². The number of para-hydroxylation sites is 1. The van der Waals surface area contributed by atoms with Crippen LogP contribution in [0.3, 0.4) is 0 Å². The van der Waals surface area contributed by atoms with Crippen LogP contribution >= 0.6 is 0 Å². The van der Waals surface area contributed by atoms with Gasteiger partial charge < -0.3 is 0 Å². The minimum Gasteiger partial charge on any atom is -0.291 e. The number of hydrogen-bond donors (Lipinski definition) is 0. The van der Waals surface area contributed by atoms with Gasteiger partial charge >= 0.3 is 0 Å². The standard InChI is InChI=1S/C14H11NO/c1-2-3-8-14(16)13-10-9-11-6-4-5-7-12(11)15-13/h4-7,9-10H,8H2,1H3. The van der Waals surface area contributed by atoms with Crippen molar-refractivity contribution in [3.05, 3.63) is 42.1 Å². The normalized spacial score (nSPS) is 9.56. The molecule has 2 nitrogen and oxygen atoms in total. The van der Waals surface area contributed by atoms with Gasteiger partial charge in [-0.05, 0) is 19.1 Å². The molecule has 2 heteroatoms. The Hall–Kier alpha value is -2.14. The number of rotatable bonds is 2. The predicted molar refractivity (Wildman–Crippen MR) is 64.1 cm³/mol. The molecular formula is C14H11NO. The van der Waals surface area contributed by atoms with Crippen molar-refractivity contribution in [3.63, 3.8) is 0 Å². The van der Waals surface area contributed by atoms with Gasteiger partial charge in [-0.2, -0.15) is 0 Å². The van der Waals surface area contributed by atoms with Gasteiger partial charge in [0, 0.05) is 5.39 Å². The molecule has 2 aromatic rings. The SMILES string of the molecule is CC#CCC(=O)c1ccc2ccccc2n1. The van der Waals surface area contributed by atoms with Gasteiger partial charge in [0.05, 0.1) is 11.9 Å². The van der Waals surface area contributed by atoms with Crippen LogP contribution in [-0.4, -0.2) is 10.8 Å². The topological polar surface area (TPSA) is 30.0 Å². The number of carbonyl (C=O) groups is 1. The van der Waals surface area contributed by atoms with Crippen molar-refractivity contribution in [3.8, 4) is 11.8 Å². The molecule has 1 heterocycles. The number of carbonyl (C=O) groups excluding carboxylic acids is 1. The summed E-state index contributed by atoms with van der Waals surface area (Å²) < 4.78 is 0. The fraction of sp³-hybridized carbons (Fsp3) is 0.143. The van der Waals surface area contributed by atoms with Crippen LogP contribution < -0.4 is 0 Å². The van der Waals surface area contributed by atoms with E-state index in [0.29, 0.717) is 5.69 Å². The average molecular weight is 209 g/mol. The van der Waals surface area contributed by atoms with E-state index in [-0.39, 0.29) is 12.2 Å². The number of fused-ring (bicyclic) bond motifs is 1. The van der Waals surface area contributed by atoms with Crippen molar-refractivity contribution in [2.24, 2.45) is 0 Å². The van der Waals surface area contributed by atoms with E-state index < -0.39 is 0 Å².